The largest absolute Gasteiger partial charge is 0.485 e. The second kappa shape index (κ2) is 8.60. The SMILES string of the molecule is O=C(NCCC1=CCCCC1)c1cc(COc2ccc(F)c(F)c2)on1. The molecule has 1 aliphatic rings. The molecule has 1 aliphatic carbocycles. The molecule has 1 aromatic carbocycles. The Bertz CT molecular complexity index is 802. The van der Waals surface area contributed by atoms with Crippen LogP contribution in [0.25, 0.3) is 0 Å². The highest BCUT2D eigenvalue weighted by atomic mass is 19.2. The molecule has 0 radical (unpaired) electrons. The van der Waals surface area contributed by atoms with E-state index in [0.29, 0.717) is 12.3 Å². The summed E-state index contributed by atoms with van der Waals surface area (Å²) in [6.45, 7) is 0.510. The molecule has 2 aromatic rings. The quantitative estimate of drug-likeness (QED) is 0.752. The van der Waals surface area contributed by atoms with Crippen molar-refractivity contribution in [3.63, 3.8) is 0 Å². The van der Waals surface area contributed by atoms with Crippen molar-refractivity contribution in [2.24, 2.45) is 0 Å². The molecule has 0 saturated carbocycles. The van der Waals surface area contributed by atoms with Crippen molar-refractivity contribution in [2.75, 3.05) is 6.54 Å². The van der Waals surface area contributed by atoms with Crippen LogP contribution >= 0.6 is 0 Å². The summed E-state index contributed by atoms with van der Waals surface area (Å²) in [5.74, 6) is -1.78. The van der Waals surface area contributed by atoms with Crippen molar-refractivity contribution in [2.45, 2.75) is 38.7 Å². The van der Waals surface area contributed by atoms with Crippen LogP contribution in [-0.2, 0) is 6.61 Å². The number of nitrogens with zero attached hydrogens (tertiary/aromatic N) is 1. The molecule has 7 heteroatoms. The Hall–Kier alpha value is -2.70. The number of rotatable bonds is 7. The number of aromatic nitrogens is 1. The number of carbonyl (C=O) groups is 1. The standard InChI is InChI=1S/C19H20F2N2O3/c20-16-7-6-14(10-17(16)21)25-12-15-11-18(23-26-15)19(24)22-9-8-13-4-2-1-3-5-13/h4,6-7,10-11H,1-3,5,8-9,12H2,(H,22,24). The molecule has 3 rings (SSSR count). The highest BCUT2D eigenvalue weighted by Crippen LogP contribution is 2.19. The van der Waals surface area contributed by atoms with Gasteiger partial charge in [0.05, 0.1) is 0 Å². The first-order valence-electron chi connectivity index (χ1n) is 8.61. The maximum atomic E-state index is 13.1. The predicted molar refractivity (Wildman–Crippen MR) is 90.7 cm³/mol. The molecule has 0 fully saturated rings. The first-order chi connectivity index (χ1) is 12.6. The van der Waals surface area contributed by atoms with Crippen molar-refractivity contribution in [3.05, 3.63) is 59.0 Å². The molecule has 0 aliphatic heterocycles. The highest BCUT2D eigenvalue weighted by molar-refractivity contribution is 5.92. The summed E-state index contributed by atoms with van der Waals surface area (Å²) in [7, 11) is 0. The smallest absolute Gasteiger partial charge is 0.273 e. The van der Waals surface area contributed by atoms with Crippen LogP contribution in [0.15, 0.2) is 40.4 Å². The van der Waals surface area contributed by atoms with Crippen LogP contribution < -0.4 is 10.1 Å². The van der Waals surface area contributed by atoms with Gasteiger partial charge in [-0.25, -0.2) is 8.78 Å². The van der Waals surface area contributed by atoms with Gasteiger partial charge in [-0.05, 0) is 44.2 Å². The predicted octanol–water partition coefficient (Wildman–Crippen LogP) is 4.15. The molecule has 26 heavy (non-hydrogen) atoms. The van der Waals surface area contributed by atoms with Crippen molar-refractivity contribution in [1.29, 1.82) is 0 Å². The number of benzene rings is 1. The van der Waals surface area contributed by atoms with Gasteiger partial charge in [0.1, 0.15) is 12.4 Å². The molecule has 0 spiro atoms. The molecule has 0 unspecified atom stereocenters. The third-order valence-electron chi connectivity index (χ3n) is 4.18. The third-order valence-corrected chi connectivity index (χ3v) is 4.18. The van der Waals surface area contributed by atoms with Gasteiger partial charge in [-0.3, -0.25) is 4.79 Å². The van der Waals surface area contributed by atoms with Crippen LogP contribution in [0.4, 0.5) is 8.78 Å². The van der Waals surface area contributed by atoms with E-state index < -0.39 is 11.6 Å². The average molecular weight is 362 g/mol. The number of allylic oxidation sites excluding steroid dienone is 1. The Morgan fingerprint density at radius 3 is 2.88 bits per heavy atom. The van der Waals surface area contributed by atoms with Crippen molar-refractivity contribution in [1.82, 2.24) is 10.5 Å². The van der Waals surface area contributed by atoms with E-state index in [2.05, 4.69) is 16.5 Å². The maximum Gasteiger partial charge on any atom is 0.273 e. The van der Waals surface area contributed by atoms with Crippen LogP contribution in [0, 0.1) is 11.6 Å². The minimum atomic E-state index is -0.992. The van der Waals surface area contributed by atoms with E-state index in [1.165, 1.54) is 30.5 Å². The lowest BCUT2D eigenvalue weighted by molar-refractivity contribution is 0.0944. The minimum absolute atomic E-state index is 0.0434. The lowest BCUT2D eigenvalue weighted by atomic mass is 9.97. The number of ether oxygens (including phenoxy) is 1. The number of amides is 1. The molecular formula is C19H20F2N2O3. The second-order valence-electron chi connectivity index (χ2n) is 6.16. The van der Waals surface area contributed by atoms with Gasteiger partial charge in [0, 0.05) is 18.7 Å². The van der Waals surface area contributed by atoms with Gasteiger partial charge in [0.2, 0.25) is 0 Å². The summed E-state index contributed by atoms with van der Waals surface area (Å²) in [6, 6.07) is 4.70. The van der Waals surface area contributed by atoms with E-state index in [0.717, 1.165) is 31.4 Å². The van der Waals surface area contributed by atoms with E-state index in [4.69, 9.17) is 9.26 Å². The van der Waals surface area contributed by atoms with E-state index >= 15 is 0 Å². The first kappa shape index (κ1) is 18.1. The van der Waals surface area contributed by atoms with Crippen LogP contribution in [0.1, 0.15) is 48.4 Å². The highest BCUT2D eigenvalue weighted by Gasteiger charge is 2.13. The summed E-state index contributed by atoms with van der Waals surface area (Å²) in [5.41, 5.74) is 1.55. The summed E-state index contributed by atoms with van der Waals surface area (Å²) in [5, 5.41) is 6.52. The number of halogens is 2. The van der Waals surface area contributed by atoms with Crippen LogP contribution in [0.3, 0.4) is 0 Å². The number of hydrogen-bond acceptors (Lipinski definition) is 4. The summed E-state index contributed by atoms with van der Waals surface area (Å²) in [6.07, 6.45) is 7.77. The van der Waals surface area contributed by atoms with E-state index in [9.17, 15) is 13.6 Å². The molecule has 0 atom stereocenters. The zero-order valence-corrected chi connectivity index (χ0v) is 14.3. The molecule has 0 saturated heterocycles. The van der Waals surface area contributed by atoms with Crippen molar-refractivity contribution < 1.29 is 22.8 Å². The average Bonchev–Trinajstić information content (AvgIpc) is 3.13. The van der Waals surface area contributed by atoms with Crippen LogP contribution in [0.5, 0.6) is 5.75 Å². The molecule has 1 aromatic heterocycles. The summed E-state index contributed by atoms with van der Waals surface area (Å²) < 4.78 is 36.3. The Morgan fingerprint density at radius 2 is 2.12 bits per heavy atom. The number of nitrogens with one attached hydrogen (secondary N) is 1. The monoisotopic (exact) mass is 362 g/mol. The molecule has 1 N–H and O–H groups in total. The maximum absolute atomic E-state index is 13.1. The first-order valence-corrected chi connectivity index (χ1v) is 8.61. The fourth-order valence-corrected chi connectivity index (χ4v) is 2.77. The fraction of sp³-hybridized carbons (Fsp3) is 0.368. The molecule has 1 heterocycles. The van der Waals surface area contributed by atoms with Gasteiger partial charge < -0.3 is 14.6 Å². The molecular weight excluding hydrogens is 342 g/mol. The Morgan fingerprint density at radius 1 is 1.23 bits per heavy atom. The van der Waals surface area contributed by atoms with Gasteiger partial charge in [0.15, 0.2) is 23.1 Å². The summed E-state index contributed by atoms with van der Waals surface area (Å²) in [4.78, 5) is 12.1. The zero-order valence-electron chi connectivity index (χ0n) is 14.3. The van der Waals surface area contributed by atoms with E-state index in [1.54, 1.807) is 0 Å². The van der Waals surface area contributed by atoms with Crippen molar-refractivity contribution in [3.8, 4) is 5.75 Å². The van der Waals surface area contributed by atoms with Gasteiger partial charge in [0.25, 0.3) is 5.91 Å². The topological polar surface area (TPSA) is 64.4 Å². The Kier molecular flexibility index (Phi) is 5.99. The Balaban J connectivity index is 1.46. The van der Waals surface area contributed by atoms with Gasteiger partial charge in [-0.2, -0.15) is 0 Å². The van der Waals surface area contributed by atoms with Gasteiger partial charge >= 0.3 is 0 Å². The van der Waals surface area contributed by atoms with E-state index in [-0.39, 0.29) is 24.0 Å². The normalized spacial score (nSPS) is 14.0. The third kappa shape index (κ3) is 4.91. The summed E-state index contributed by atoms with van der Waals surface area (Å²) >= 11 is 0. The Labute approximate surface area is 150 Å². The fourth-order valence-electron chi connectivity index (χ4n) is 2.77. The zero-order chi connectivity index (χ0) is 18.4. The lowest BCUT2D eigenvalue weighted by Gasteiger charge is -2.12. The molecule has 138 valence electrons. The molecule has 1 amide bonds. The second-order valence-corrected chi connectivity index (χ2v) is 6.16. The number of hydrogen-bond donors (Lipinski definition) is 1. The minimum Gasteiger partial charge on any atom is -0.485 e. The van der Waals surface area contributed by atoms with Crippen LogP contribution in [-0.4, -0.2) is 17.6 Å². The van der Waals surface area contributed by atoms with Crippen molar-refractivity contribution >= 4 is 5.91 Å². The van der Waals surface area contributed by atoms with E-state index in [1.807, 2.05) is 0 Å². The van der Waals surface area contributed by atoms with Gasteiger partial charge in [-0.15, -0.1) is 0 Å². The van der Waals surface area contributed by atoms with Crippen LogP contribution in [0.2, 0.25) is 0 Å². The molecule has 0 bridgehead atoms. The number of carbonyl (C=O) groups excluding carboxylic acids is 1. The lowest BCUT2D eigenvalue weighted by Crippen LogP contribution is -2.25. The molecule has 5 nitrogen and oxygen atoms in total. The van der Waals surface area contributed by atoms with Gasteiger partial charge in [-0.1, -0.05) is 16.8 Å².